The highest BCUT2D eigenvalue weighted by atomic mass is 32.2. The molecule has 1 unspecified atom stereocenters. The summed E-state index contributed by atoms with van der Waals surface area (Å²) in [4.78, 5) is 1.99. The van der Waals surface area contributed by atoms with E-state index in [-0.39, 0.29) is 12.1 Å². The van der Waals surface area contributed by atoms with Crippen LogP contribution in [0.5, 0.6) is 0 Å². The Morgan fingerprint density at radius 1 is 1.16 bits per heavy atom. The first kappa shape index (κ1) is 16.1. The fourth-order valence-electron chi connectivity index (χ4n) is 1.81. The summed E-state index contributed by atoms with van der Waals surface area (Å²) in [5.41, 5.74) is 1.08. The molecule has 0 amide bonds. The molecule has 0 saturated carbocycles. The van der Waals surface area contributed by atoms with Crippen LogP contribution in [0, 0.1) is 0 Å². The summed E-state index contributed by atoms with van der Waals surface area (Å²) in [6.45, 7) is 3.92. The molecule has 0 aliphatic heterocycles. The van der Waals surface area contributed by atoms with Gasteiger partial charge in [-0.15, -0.1) is 0 Å². The van der Waals surface area contributed by atoms with E-state index in [1.54, 1.807) is 13.8 Å². The monoisotopic (exact) mass is 285 g/mol. The number of likely N-dealkylation sites (N-methyl/N-ethyl adjacent to an activating group) is 1. The van der Waals surface area contributed by atoms with E-state index in [9.17, 15) is 8.42 Å². The van der Waals surface area contributed by atoms with Crippen molar-refractivity contribution in [3.05, 3.63) is 35.9 Å². The maximum absolute atomic E-state index is 11.8. The minimum Gasteiger partial charge on any atom is -0.301 e. The minimum atomic E-state index is -3.44. The number of hydrogen-bond donors (Lipinski definition) is 2. The first-order valence-electron chi connectivity index (χ1n) is 6.30. The number of nitrogens with one attached hydrogen (secondary N) is 2. The summed E-state index contributed by atoms with van der Waals surface area (Å²) >= 11 is 0. The van der Waals surface area contributed by atoms with Gasteiger partial charge >= 0.3 is 0 Å². The zero-order chi connectivity index (χ0) is 14.5. The number of rotatable bonds is 7. The lowest BCUT2D eigenvalue weighted by Gasteiger charge is -2.25. The topological polar surface area (TPSA) is 61.4 Å². The van der Waals surface area contributed by atoms with Crippen LogP contribution in [0.25, 0.3) is 0 Å². The van der Waals surface area contributed by atoms with Crippen LogP contribution in [0.4, 0.5) is 0 Å². The molecule has 2 N–H and O–H groups in total. The lowest BCUT2D eigenvalue weighted by Crippen LogP contribution is -2.43. The van der Waals surface area contributed by atoms with Gasteiger partial charge in [-0.1, -0.05) is 30.3 Å². The first-order valence-corrected chi connectivity index (χ1v) is 7.78. The second-order valence-electron chi connectivity index (χ2n) is 5.01. The Hall–Kier alpha value is -0.950. The molecule has 6 heteroatoms. The van der Waals surface area contributed by atoms with Crippen molar-refractivity contribution in [3.63, 3.8) is 0 Å². The van der Waals surface area contributed by atoms with Crippen LogP contribution in [-0.2, 0) is 10.2 Å². The zero-order valence-corrected chi connectivity index (χ0v) is 12.7. The van der Waals surface area contributed by atoms with Crippen molar-refractivity contribution < 1.29 is 8.42 Å². The second kappa shape index (κ2) is 7.00. The molecule has 0 aromatic heterocycles. The molecule has 0 aliphatic carbocycles. The van der Waals surface area contributed by atoms with Crippen molar-refractivity contribution in [1.82, 2.24) is 14.3 Å². The van der Waals surface area contributed by atoms with Crippen LogP contribution in [0.15, 0.2) is 30.3 Å². The lowest BCUT2D eigenvalue weighted by molar-refractivity contribution is 0.299. The van der Waals surface area contributed by atoms with Gasteiger partial charge in [0.2, 0.25) is 0 Å². The molecule has 0 aliphatic rings. The fraction of sp³-hybridized carbons (Fsp3) is 0.538. The van der Waals surface area contributed by atoms with E-state index in [2.05, 4.69) is 9.44 Å². The first-order chi connectivity index (χ1) is 8.82. The van der Waals surface area contributed by atoms with E-state index in [0.29, 0.717) is 6.54 Å². The predicted molar refractivity (Wildman–Crippen MR) is 78.1 cm³/mol. The molecule has 108 valence electrons. The maximum Gasteiger partial charge on any atom is 0.277 e. The minimum absolute atomic E-state index is 0.00457. The molecule has 5 nitrogen and oxygen atoms in total. The molecule has 0 fully saturated rings. The summed E-state index contributed by atoms with van der Waals surface area (Å²) in [6, 6.07) is 9.72. The Kier molecular flexibility index (Phi) is 5.93. The Bertz CT molecular complexity index is 472. The van der Waals surface area contributed by atoms with Crippen LogP contribution < -0.4 is 9.44 Å². The number of nitrogens with zero attached hydrogens (tertiary/aromatic N) is 1. The fourth-order valence-corrected chi connectivity index (χ4v) is 2.90. The molecule has 19 heavy (non-hydrogen) atoms. The summed E-state index contributed by atoms with van der Waals surface area (Å²) in [6.07, 6.45) is 0. The van der Waals surface area contributed by atoms with Crippen molar-refractivity contribution in [3.8, 4) is 0 Å². The average Bonchev–Trinajstić information content (AvgIpc) is 2.28. The van der Waals surface area contributed by atoms with Crippen molar-refractivity contribution in [1.29, 1.82) is 0 Å². The normalized spacial score (nSPS) is 14.0. The van der Waals surface area contributed by atoms with Crippen molar-refractivity contribution in [2.24, 2.45) is 0 Å². The number of hydrogen-bond acceptors (Lipinski definition) is 3. The Morgan fingerprint density at radius 3 is 2.21 bits per heavy atom. The quantitative estimate of drug-likeness (QED) is 0.789. The summed E-state index contributed by atoms with van der Waals surface area (Å²) in [7, 11) is 0.421. The van der Waals surface area contributed by atoms with E-state index >= 15 is 0 Å². The summed E-state index contributed by atoms with van der Waals surface area (Å²) in [5.74, 6) is 0. The van der Waals surface area contributed by atoms with Gasteiger partial charge in [-0.25, -0.2) is 4.72 Å². The maximum atomic E-state index is 11.8. The van der Waals surface area contributed by atoms with E-state index in [1.165, 1.54) is 0 Å². The van der Waals surface area contributed by atoms with E-state index in [0.717, 1.165) is 5.56 Å². The molecular formula is C13H23N3O2S. The Balaban J connectivity index is 2.72. The molecule has 1 aromatic carbocycles. The summed E-state index contributed by atoms with van der Waals surface area (Å²) < 4.78 is 28.6. The zero-order valence-electron chi connectivity index (χ0n) is 11.9. The van der Waals surface area contributed by atoms with Gasteiger partial charge < -0.3 is 4.90 Å². The molecule has 0 saturated heterocycles. The van der Waals surface area contributed by atoms with E-state index < -0.39 is 10.2 Å². The van der Waals surface area contributed by atoms with Gasteiger partial charge in [0.05, 0.1) is 0 Å². The van der Waals surface area contributed by atoms with Crippen LogP contribution in [0.1, 0.15) is 25.5 Å². The molecule has 1 atom stereocenters. The van der Waals surface area contributed by atoms with Crippen LogP contribution >= 0.6 is 0 Å². The van der Waals surface area contributed by atoms with Gasteiger partial charge in [0, 0.05) is 18.6 Å². The number of benzene rings is 1. The molecule has 0 heterocycles. The molecule has 0 radical (unpaired) electrons. The smallest absolute Gasteiger partial charge is 0.277 e. The van der Waals surface area contributed by atoms with Gasteiger partial charge in [-0.05, 0) is 33.5 Å². The highest BCUT2D eigenvalue weighted by molar-refractivity contribution is 7.87. The third-order valence-corrected chi connectivity index (χ3v) is 3.99. The van der Waals surface area contributed by atoms with Gasteiger partial charge in [0.1, 0.15) is 0 Å². The SMILES string of the molecule is CC(C)NS(=O)(=O)NCC(c1ccccc1)N(C)C. The lowest BCUT2D eigenvalue weighted by atomic mass is 10.1. The Morgan fingerprint density at radius 2 is 1.74 bits per heavy atom. The van der Waals surface area contributed by atoms with Crippen LogP contribution in [-0.4, -0.2) is 40.0 Å². The summed E-state index contributed by atoms with van der Waals surface area (Å²) in [5, 5.41) is 0. The van der Waals surface area contributed by atoms with E-state index in [4.69, 9.17) is 0 Å². The Labute approximate surface area is 116 Å². The highest BCUT2D eigenvalue weighted by Gasteiger charge is 2.18. The largest absolute Gasteiger partial charge is 0.301 e. The van der Waals surface area contributed by atoms with Gasteiger partial charge in [-0.2, -0.15) is 13.1 Å². The second-order valence-corrected chi connectivity index (χ2v) is 6.55. The molecular weight excluding hydrogens is 262 g/mol. The van der Waals surface area contributed by atoms with Crippen LogP contribution in [0.2, 0.25) is 0 Å². The molecule has 0 spiro atoms. The van der Waals surface area contributed by atoms with Gasteiger partial charge in [-0.3, -0.25) is 0 Å². The van der Waals surface area contributed by atoms with Gasteiger partial charge in [0.25, 0.3) is 10.2 Å². The molecule has 1 aromatic rings. The highest BCUT2D eigenvalue weighted by Crippen LogP contribution is 2.16. The van der Waals surface area contributed by atoms with Crippen molar-refractivity contribution in [2.75, 3.05) is 20.6 Å². The standard InChI is InChI=1S/C13H23N3O2S/c1-11(2)15-19(17,18)14-10-13(16(3)4)12-8-6-5-7-9-12/h5-9,11,13-15H,10H2,1-4H3. The van der Waals surface area contributed by atoms with Crippen LogP contribution in [0.3, 0.4) is 0 Å². The molecule has 1 rings (SSSR count). The van der Waals surface area contributed by atoms with Crippen molar-refractivity contribution >= 4 is 10.2 Å². The third-order valence-electron chi connectivity index (χ3n) is 2.67. The molecule has 0 bridgehead atoms. The predicted octanol–water partition coefficient (Wildman–Crippen LogP) is 1.12. The van der Waals surface area contributed by atoms with E-state index in [1.807, 2.05) is 49.3 Å². The van der Waals surface area contributed by atoms with Gasteiger partial charge in [0.15, 0.2) is 0 Å². The third kappa shape index (κ3) is 5.69. The average molecular weight is 285 g/mol. The van der Waals surface area contributed by atoms with Crippen molar-refractivity contribution in [2.45, 2.75) is 25.9 Å².